The largest absolute Gasteiger partial charge is 0.497 e. The maximum absolute atomic E-state index is 13.5. The second kappa shape index (κ2) is 9.55. The van der Waals surface area contributed by atoms with Gasteiger partial charge in [0.2, 0.25) is 5.91 Å². The number of benzene rings is 1. The third kappa shape index (κ3) is 4.82. The Labute approximate surface area is 181 Å². The number of nitrogens with zero attached hydrogens (tertiary/aromatic N) is 1. The Hall–Kier alpha value is -3.48. The average Bonchev–Trinajstić information content (AvgIpc) is 3.57. The number of carbonyl (C=O) groups excluding carboxylic acids is 2. The van der Waals surface area contributed by atoms with E-state index in [1.165, 1.54) is 11.2 Å². The second-order valence-electron chi connectivity index (χ2n) is 7.66. The maximum Gasteiger partial charge on any atom is 0.290 e. The van der Waals surface area contributed by atoms with Gasteiger partial charge in [-0.1, -0.05) is 25.0 Å². The molecule has 162 valence electrons. The lowest BCUT2D eigenvalue weighted by atomic mass is 10.0. The van der Waals surface area contributed by atoms with Crippen molar-refractivity contribution in [3.05, 3.63) is 78.1 Å². The van der Waals surface area contributed by atoms with Gasteiger partial charge in [0.25, 0.3) is 5.91 Å². The number of ether oxygens (including phenoxy) is 1. The Kier molecular flexibility index (Phi) is 6.40. The smallest absolute Gasteiger partial charge is 0.290 e. The molecule has 0 spiro atoms. The molecule has 1 N–H and O–H groups in total. The first-order chi connectivity index (χ1) is 15.2. The van der Waals surface area contributed by atoms with E-state index in [4.69, 9.17) is 13.6 Å². The molecule has 0 bridgehead atoms. The van der Waals surface area contributed by atoms with Crippen molar-refractivity contribution in [1.82, 2.24) is 10.2 Å². The number of hydrogen-bond acceptors (Lipinski definition) is 5. The van der Waals surface area contributed by atoms with Crippen LogP contribution in [0.4, 0.5) is 0 Å². The van der Waals surface area contributed by atoms with Gasteiger partial charge in [-0.2, -0.15) is 0 Å². The molecule has 0 saturated heterocycles. The molecular weight excluding hydrogens is 396 g/mol. The molecular formula is C24H26N2O5. The normalized spacial score (nSPS) is 14.9. The standard InChI is InChI=1S/C24H26N2O5/c1-29-19-12-10-17(11-13-19)22(23(27)25-18-6-2-3-7-18)26(16-20-8-4-14-30-20)24(28)21-9-5-15-31-21/h4-5,8-15,18,22H,2-3,6-7,16H2,1H3,(H,25,27)/t22-/m1/s1. The number of rotatable bonds is 8. The van der Waals surface area contributed by atoms with Crippen molar-refractivity contribution >= 4 is 11.8 Å². The Morgan fingerprint density at radius 1 is 1.06 bits per heavy atom. The van der Waals surface area contributed by atoms with Crippen LogP contribution in [0.5, 0.6) is 5.75 Å². The average molecular weight is 422 g/mol. The SMILES string of the molecule is COc1ccc([C@H](C(=O)NC2CCCC2)N(Cc2ccco2)C(=O)c2ccco2)cc1. The van der Waals surface area contributed by atoms with Crippen molar-refractivity contribution in [2.75, 3.05) is 7.11 Å². The molecule has 2 amide bonds. The molecule has 1 aliphatic rings. The lowest BCUT2D eigenvalue weighted by molar-refractivity contribution is -0.126. The van der Waals surface area contributed by atoms with Gasteiger partial charge in [0.15, 0.2) is 5.76 Å². The van der Waals surface area contributed by atoms with Crippen molar-refractivity contribution in [3.8, 4) is 5.75 Å². The summed E-state index contributed by atoms with van der Waals surface area (Å²) in [6, 6.07) is 13.2. The first-order valence-corrected chi connectivity index (χ1v) is 10.5. The predicted molar refractivity (Wildman–Crippen MR) is 113 cm³/mol. The number of carbonyl (C=O) groups is 2. The van der Waals surface area contributed by atoms with Crippen molar-refractivity contribution in [1.29, 1.82) is 0 Å². The second-order valence-corrected chi connectivity index (χ2v) is 7.66. The highest BCUT2D eigenvalue weighted by Crippen LogP contribution is 2.29. The van der Waals surface area contributed by atoms with Crippen LogP contribution in [-0.4, -0.2) is 29.9 Å². The Bertz CT molecular complexity index is 974. The molecule has 0 radical (unpaired) electrons. The summed E-state index contributed by atoms with van der Waals surface area (Å²) in [6.07, 6.45) is 7.08. The van der Waals surface area contributed by atoms with Gasteiger partial charge in [0.05, 0.1) is 26.2 Å². The first-order valence-electron chi connectivity index (χ1n) is 10.5. The van der Waals surface area contributed by atoms with E-state index >= 15 is 0 Å². The van der Waals surface area contributed by atoms with Crippen molar-refractivity contribution in [2.45, 2.75) is 44.3 Å². The number of amides is 2. The highest BCUT2D eigenvalue weighted by molar-refractivity contribution is 5.96. The fourth-order valence-corrected chi connectivity index (χ4v) is 4.00. The minimum absolute atomic E-state index is 0.123. The summed E-state index contributed by atoms with van der Waals surface area (Å²) in [5.41, 5.74) is 0.683. The molecule has 1 aliphatic carbocycles. The molecule has 0 aliphatic heterocycles. The van der Waals surface area contributed by atoms with E-state index in [1.807, 2.05) is 12.1 Å². The van der Waals surface area contributed by atoms with Gasteiger partial charge < -0.3 is 23.8 Å². The number of nitrogens with one attached hydrogen (secondary N) is 1. The van der Waals surface area contributed by atoms with Crippen LogP contribution in [0.2, 0.25) is 0 Å². The molecule has 0 unspecified atom stereocenters. The fourth-order valence-electron chi connectivity index (χ4n) is 4.00. The van der Waals surface area contributed by atoms with Gasteiger partial charge in [-0.25, -0.2) is 0 Å². The van der Waals surface area contributed by atoms with E-state index in [0.717, 1.165) is 25.7 Å². The van der Waals surface area contributed by atoms with Gasteiger partial charge >= 0.3 is 0 Å². The van der Waals surface area contributed by atoms with E-state index in [2.05, 4.69) is 5.32 Å². The monoisotopic (exact) mass is 422 g/mol. The Balaban J connectivity index is 1.71. The van der Waals surface area contributed by atoms with Crippen LogP contribution in [0.3, 0.4) is 0 Å². The van der Waals surface area contributed by atoms with Crippen LogP contribution in [0, 0.1) is 0 Å². The van der Waals surface area contributed by atoms with E-state index < -0.39 is 6.04 Å². The maximum atomic E-state index is 13.5. The summed E-state index contributed by atoms with van der Waals surface area (Å²) >= 11 is 0. The zero-order valence-corrected chi connectivity index (χ0v) is 17.5. The van der Waals surface area contributed by atoms with Gasteiger partial charge in [-0.3, -0.25) is 9.59 Å². The van der Waals surface area contributed by atoms with E-state index in [9.17, 15) is 9.59 Å². The summed E-state index contributed by atoms with van der Waals surface area (Å²) in [7, 11) is 1.59. The van der Waals surface area contributed by atoms with Gasteiger partial charge in [-0.15, -0.1) is 0 Å². The van der Waals surface area contributed by atoms with Gasteiger partial charge in [-0.05, 0) is 54.8 Å². The molecule has 1 atom stereocenters. The predicted octanol–water partition coefficient (Wildman–Crippen LogP) is 4.32. The molecule has 3 aromatic rings. The zero-order valence-electron chi connectivity index (χ0n) is 17.5. The number of methoxy groups -OCH3 is 1. The van der Waals surface area contributed by atoms with Crippen molar-refractivity contribution < 1.29 is 23.2 Å². The van der Waals surface area contributed by atoms with Crippen molar-refractivity contribution in [2.24, 2.45) is 0 Å². The number of hydrogen-bond donors (Lipinski definition) is 1. The van der Waals surface area contributed by atoms with Crippen LogP contribution < -0.4 is 10.1 Å². The Morgan fingerprint density at radius 2 is 1.77 bits per heavy atom. The first kappa shape index (κ1) is 20.8. The van der Waals surface area contributed by atoms with Crippen LogP contribution in [0.25, 0.3) is 0 Å². The topological polar surface area (TPSA) is 84.9 Å². The quantitative estimate of drug-likeness (QED) is 0.584. The van der Waals surface area contributed by atoms with Crippen molar-refractivity contribution in [3.63, 3.8) is 0 Å². The van der Waals surface area contributed by atoms with E-state index in [0.29, 0.717) is 17.1 Å². The number of furan rings is 2. The van der Waals surface area contributed by atoms with Gasteiger partial charge in [0, 0.05) is 6.04 Å². The van der Waals surface area contributed by atoms with Gasteiger partial charge in [0.1, 0.15) is 17.6 Å². The molecule has 2 aromatic heterocycles. The van der Waals surface area contributed by atoms with E-state index in [-0.39, 0.29) is 30.2 Å². The summed E-state index contributed by atoms with van der Waals surface area (Å²) in [5.74, 6) is 0.812. The van der Waals surface area contributed by atoms with Crippen LogP contribution in [-0.2, 0) is 11.3 Å². The molecule has 1 fully saturated rings. The molecule has 2 heterocycles. The minimum atomic E-state index is -0.853. The Morgan fingerprint density at radius 3 is 2.39 bits per heavy atom. The third-order valence-corrected chi connectivity index (χ3v) is 5.59. The highest BCUT2D eigenvalue weighted by Gasteiger charge is 2.35. The van der Waals surface area contributed by atoms with Crippen LogP contribution >= 0.6 is 0 Å². The molecule has 31 heavy (non-hydrogen) atoms. The van der Waals surface area contributed by atoms with Crippen LogP contribution in [0.15, 0.2) is 69.9 Å². The molecule has 1 aromatic carbocycles. The summed E-state index contributed by atoms with van der Waals surface area (Å²) < 4.78 is 16.1. The third-order valence-electron chi connectivity index (χ3n) is 5.59. The molecule has 7 nitrogen and oxygen atoms in total. The summed E-state index contributed by atoms with van der Waals surface area (Å²) in [4.78, 5) is 28.4. The minimum Gasteiger partial charge on any atom is -0.497 e. The van der Waals surface area contributed by atoms with E-state index in [1.54, 1.807) is 49.8 Å². The summed E-state index contributed by atoms with van der Waals surface area (Å²) in [5, 5.41) is 3.14. The molecule has 1 saturated carbocycles. The lowest BCUT2D eigenvalue weighted by Crippen LogP contribution is -2.45. The molecule has 4 rings (SSSR count). The lowest BCUT2D eigenvalue weighted by Gasteiger charge is -2.31. The van der Waals surface area contributed by atoms with Crippen LogP contribution in [0.1, 0.15) is 53.6 Å². The fraction of sp³-hybridized carbons (Fsp3) is 0.333. The highest BCUT2D eigenvalue weighted by atomic mass is 16.5. The molecule has 7 heteroatoms. The summed E-state index contributed by atoms with van der Waals surface area (Å²) in [6.45, 7) is 0.126. The zero-order chi connectivity index (χ0) is 21.6.